The number of hydrogen-bond donors (Lipinski definition) is 2. The molecule has 1 aromatic carbocycles. The summed E-state index contributed by atoms with van der Waals surface area (Å²) in [5.41, 5.74) is 6.72. The molecule has 1 rings (SSSR count). The van der Waals surface area contributed by atoms with Gasteiger partial charge < -0.3 is 10.8 Å². The van der Waals surface area contributed by atoms with Gasteiger partial charge in [-0.1, -0.05) is 51.1 Å². The predicted molar refractivity (Wildman–Crippen MR) is 70.9 cm³/mol. The Labute approximate surface area is 104 Å². The molecule has 0 radical (unpaired) electrons. The van der Waals surface area contributed by atoms with Crippen LogP contribution >= 0.6 is 12.4 Å². The van der Waals surface area contributed by atoms with Crippen LogP contribution in [0.25, 0.3) is 0 Å². The minimum Gasteiger partial charge on any atom is -0.392 e. The van der Waals surface area contributed by atoms with Crippen molar-refractivity contribution >= 4 is 12.4 Å². The van der Waals surface area contributed by atoms with Crippen molar-refractivity contribution in [2.24, 2.45) is 11.1 Å². The standard InChI is InChI=1S/C13H21NO.ClH/c1-13(2,3)12(15)11(9-14)10-7-5-4-6-8-10;/h4-8,11-12,15H,9,14H2,1-3H3;1H/t11-,12+;/m0./s1. The SMILES string of the molecule is CC(C)(C)[C@H](O)[C@@H](CN)c1ccccc1.Cl. The third kappa shape index (κ3) is 3.78. The van der Waals surface area contributed by atoms with Gasteiger partial charge in [-0.3, -0.25) is 0 Å². The van der Waals surface area contributed by atoms with Crippen LogP contribution in [-0.4, -0.2) is 17.8 Å². The number of halogens is 1. The van der Waals surface area contributed by atoms with Crippen LogP contribution in [0.4, 0.5) is 0 Å². The first-order valence-corrected chi connectivity index (χ1v) is 5.40. The largest absolute Gasteiger partial charge is 0.392 e. The van der Waals surface area contributed by atoms with E-state index in [1.54, 1.807) is 0 Å². The minimum absolute atomic E-state index is 0. The number of nitrogens with two attached hydrogens (primary N) is 1. The third-order valence-corrected chi connectivity index (χ3v) is 2.75. The lowest BCUT2D eigenvalue weighted by Gasteiger charge is -2.32. The normalized spacial score (nSPS) is 15.1. The van der Waals surface area contributed by atoms with E-state index in [1.165, 1.54) is 0 Å². The molecule has 0 spiro atoms. The molecule has 0 heterocycles. The van der Waals surface area contributed by atoms with Gasteiger partial charge in [0.1, 0.15) is 0 Å². The van der Waals surface area contributed by atoms with E-state index in [0.717, 1.165) is 5.56 Å². The van der Waals surface area contributed by atoms with Crippen molar-refractivity contribution in [2.45, 2.75) is 32.8 Å². The summed E-state index contributed by atoms with van der Waals surface area (Å²) in [6.07, 6.45) is -0.412. The maximum absolute atomic E-state index is 10.2. The Kier molecular flexibility index (Phi) is 6.01. The third-order valence-electron chi connectivity index (χ3n) is 2.75. The van der Waals surface area contributed by atoms with Crippen molar-refractivity contribution in [1.29, 1.82) is 0 Å². The second-order valence-electron chi connectivity index (χ2n) is 5.06. The number of benzene rings is 1. The Bertz CT molecular complexity index is 295. The van der Waals surface area contributed by atoms with Gasteiger partial charge in [0, 0.05) is 12.5 Å². The summed E-state index contributed by atoms with van der Waals surface area (Å²) in [6, 6.07) is 9.97. The Hall–Kier alpha value is -0.570. The Morgan fingerprint density at radius 1 is 1.19 bits per heavy atom. The highest BCUT2D eigenvalue weighted by molar-refractivity contribution is 5.85. The molecule has 0 saturated heterocycles. The van der Waals surface area contributed by atoms with Gasteiger partial charge >= 0.3 is 0 Å². The maximum Gasteiger partial charge on any atom is 0.0669 e. The molecule has 0 aromatic heterocycles. The zero-order valence-corrected chi connectivity index (χ0v) is 11.0. The fourth-order valence-corrected chi connectivity index (χ4v) is 1.75. The van der Waals surface area contributed by atoms with Gasteiger partial charge in [0.05, 0.1) is 6.10 Å². The fraction of sp³-hybridized carbons (Fsp3) is 0.538. The first-order valence-electron chi connectivity index (χ1n) is 5.40. The summed E-state index contributed by atoms with van der Waals surface area (Å²) >= 11 is 0. The molecule has 92 valence electrons. The van der Waals surface area contributed by atoms with Crippen LogP contribution in [0.15, 0.2) is 30.3 Å². The van der Waals surface area contributed by atoms with Gasteiger partial charge in [0.2, 0.25) is 0 Å². The second-order valence-corrected chi connectivity index (χ2v) is 5.06. The lowest BCUT2D eigenvalue weighted by Crippen LogP contribution is -2.36. The molecule has 0 amide bonds. The first kappa shape index (κ1) is 15.4. The van der Waals surface area contributed by atoms with E-state index in [4.69, 9.17) is 5.73 Å². The molecule has 0 aliphatic carbocycles. The minimum atomic E-state index is -0.412. The average molecular weight is 244 g/mol. The Morgan fingerprint density at radius 2 is 1.69 bits per heavy atom. The lowest BCUT2D eigenvalue weighted by atomic mass is 9.78. The van der Waals surface area contributed by atoms with Crippen LogP contribution in [0.5, 0.6) is 0 Å². The highest BCUT2D eigenvalue weighted by atomic mass is 35.5. The van der Waals surface area contributed by atoms with Crippen LogP contribution in [0, 0.1) is 5.41 Å². The molecule has 0 saturated carbocycles. The second kappa shape index (κ2) is 6.24. The average Bonchev–Trinajstić information content (AvgIpc) is 2.19. The topological polar surface area (TPSA) is 46.2 Å². The van der Waals surface area contributed by atoms with Crippen LogP contribution in [0.2, 0.25) is 0 Å². The molecular formula is C13H22ClNO. The van der Waals surface area contributed by atoms with Crippen molar-refractivity contribution in [3.8, 4) is 0 Å². The van der Waals surface area contributed by atoms with E-state index >= 15 is 0 Å². The Morgan fingerprint density at radius 3 is 2.06 bits per heavy atom. The van der Waals surface area contributed by atoms with E-state index in [0.29, 0.717) is 6.54 Å². The number of aliphatic hydroxyl groups excluding tert-OH is 1. The molecular weight excluding hydrogens is 222 g/mol. The molecule has 3 N–H and O–H groups in total. The van der Waals surface area contributed by atoms with Gasteiger partial charge in [-0.2, -0.15) is 0 Å². The quantitative estimate of drug-likeness (QED) is 0.857. The van der Waals surface area contributed by atoms with Crippen molar-refractivity contribution in [3.05, 3.63) is 35.9 Å². The van der Waals surface area contributed by atoms with E-state index < -0.39 is 6.10 Å². The molecule has 0 aliphatic heterocycles. The number of aliphatic hydroxyl groups is 1. The van der Waals surface area contributed by atoms with Gasteiger partial charge in [0.15, 0.2) is 0 Å². The van der Waals surface area contributed by atoms with Crippen molar-refractivity contribution < 1.29 is 5.11 Å². The summed E-state index contributed by atoms with van der Waals surface area (Å²) in [4.78, 5) is 0. The number of rotatable bonds is 3. The fourth-order valence-electron chi connectivity index (χ4n) is 1.75. The van der Waals surface area contributed by atoms with Gasteiger partial charge in [-0.05, 0) is 11.0 Å². The van der Waals surface area contributed by atoms with Gasteiger partial charge in [0.25, 0.3) is 0 Å². The predicted octanol–water partition coefficient (Wildman–Crippen LogP) is 2.56. The van der Waals surface area contributed by atoms with Crippen molar-refractivity contribution in [3.63, 3.8) is 0 Å². The molecule has 2 nitrogen and oxygen atoms in total. The van der Waals surface area contributed by atoms with E-state index in [-0.39, 0.29) is 23.7 Å². The van der Waals surface area contributed by atoms with Gasteiger partial charge in [-0.25, -0.2) is 0 Å². The molecule has 1 aromatic rings. The van der Waals surface area contributed by atoms with Crippen LogP contribution in [0.1, 0.15) is 32.3 Å². The summed E-state index contributed by atoms with van der Waals surface area (Å²) in [5.74, 6) is 0.0196. The summed E-state index contributed by atoms with van der Waals surface area (Å²) in [5, 5.41) is 10.2. The number of hydrogen-bond acceptors (Lipinski definition) is 2. The van der Waals surface area contributed by atoms with E-state index in [9.17, 15) is 5.11 Å². The highest BCUT2D eigenvalue weighted by Crippen LogP contribution is 2.30. The molecule has 0 bridgehead atoms. The van der Waals surface area contributed by atoms with Gasteiger partial charge in [-0.15, -0.1) is 12.4 Å². The van der Waals surface area contributed by atoms with E-state index in [1.807, 2.05) is 51.1 Å². The molecule has 16 heavy (non-hydrogen) atoms. The molecule has 3 heteroatoms. The molecule has 0 aliphatic rings. The molecule has 2 atom stereocenters. The molecule has 0 unspecified atom stereocenters. The van der Waals surface area contributed by atoms with Crippen LogP contribution in [-0.2, 0) is 0 Å². The van der Waals surface area contributed by atoms with Crippen molar-refractivity contribution in [1.82, 2.24) is 0 Å². The zero-order valence-electron chi connectivity index (χ0n) is 10.2. The summed E-state index contributed by atoms with van der Waals surface area (Å²) < 4.78 is 0. The van der Waals surface area contributed by atoms with Crippen LogP contribution in [0.3, 0.4) is 0 Å². The summed E-state index contributed by atoms with van der Waals surface area (Å²) in [7, 11) is 0. The molecule has 0 fully saturated rings. The zero-order chi connectivity index (χ0) is 11.5. The van der Waals surface area contributed by atoms with E-state index in [2.05, 4.69) is 0 Å². The first-order chi connectivity index (χ1) is 6.96. The smallest absolute Gasteiger partial charge is 0.0669 e. The maximum atomic E-state index is 10.2. The summed E-state index contributed by atoms with van der Waals surface area (Å²) in [6.45, 7) is 6.57. The van der Waals surface area contributed by atoms with Crippen molar-refractivity contribution in [2.75, 3.05) is 6.54 Å². The lowest BCUT2D eigenvalue weighted by molar-refractivity contribution is 0.0407. The van der Waals surface area contributed by atoms with Crippen LogP contribution < -0.4 is 5.73 Å². The Balaban J connectivity index is 0.00000225. The monoisotopic (exact) mass is 243 g/mol. The highest BCUT2D eigenvalue weighted by Gasteiger charge is 2.30.